The lowest BCUT2D eigenvalue weighted by Gasteiger charge is -2.41. The Kier molecular flexibility index (Phi) is 18.9. The van der Waals surface area contributed by atoms with Gasteiger partial charge in [-0.1, -0.05) is 0 Å². The van der Waals surface area contributed by atoms with Crippen molar-refractivity contribution in [3.63, 3.8) is 0 Å². The number of ether oxygens (including phenoxy) is 8. The van der Waals surface area contributed by atoms with Crippen molar-refractivity contribution in [2.45, 2.75) is 64.6 Å². The van der Waals surface area contributed by atoms with Gasteiger partial charge in [0.05, 0.1) is 106 Å². The van der Waals surface area contributed by atoms with Gasteiger partial charge in [0.15, 0.2) is 16.6 Å². The molecule has 4 unspecified atom stereocenters. The average molecular weight is 691 g/mol. The molecule has 13 nitrogen and oxygen atoms in total. The van der Waals surface area contributed by atoms with Crippen molar-refractivity contribution < 1.29 is 59.1 Å². The Morgan fingerprint density at radius 2 is 0.721 bits per heavy atom. The van der Waals surface area contributed by atoms with Crippen molar-refractivity contribution in [3.05, 3.63) is 0 Å². The fourth-order valence-electron chi connectivity index (χ4n) is 4.24. The van der Waals surface area contributed by atoms with Crippen LogP contribution in [-0.2, 0) is 59.1 Å². The second-order valence-electron chi connectivity index (χ2n) is 12.5. The maximum Gasteiger partial charge on any atom is 0.479 e. The van der Waals surface area contributed by atoms with E-state index in [-0.39, 0.29) is 25.4 Å². The van der Waals surface area contributed by atoms with Crippen LogP contribution in [0, 0.1) is 0 Å². The van der Waals surface area contributed by atoms with Crippen molar-refractivity contribution in [2.75, 3.05) is 106 Å². The van der Waals surface area contributed by atoms with E-state index >= 15 is 0 Å². The molecule has 0 spiro atoms. The van der Waals surface area contributed by atoms with Gasteiger partial charge >= 0.3 is 17.6 Å². The minimum Gasteiger partial charge on any atom is -0.416 e. The maximum atomic E-state index is 6.81. The third kappa shape index (κ3) is 20.2. The smallest absolute Gasteiger partial charge is 0.416 e. The van der Waals surface area contributed by atoms with Crippen LogP contribution in [0.2, 0.25) is 52.4 Å². The molecule has 0 bridgehead atoms. The summed E-state index contributed by atoms with van der Waals surface area (Å²) in [6.45, 7) is 23.5. The van der Waals surface area contributed by atoms with E-state index in [1.165, 1.54) is 0 Å². The van der Waals surface area contributed by atoms with Gasteiger partial charge < -0.3 is 59.1 Å². The third-order valence-corrected chi connectivity index (χ3v) is 17.9. The van der Waals surface area contributed by atoms with E-state index < -0.39 is 34.2 Å². The van der Waals surface area contributed by atoms with E-state index in [4.69, 9.17) is 59.1 Å². The normalized spacial score (nSPS) is 26.5. The topological polar surface area (TPSA) is 120 Å². The molecule has 4 atom stereocenters. The second kappa shape index (κ2) is 20.6. The molecule has 2 saturated heterocycles. The first kappa shape index (κ1) is 39.5. The molecule has 2 aliphatic rings. The second-order valence-corrected chi connectivity index (χ2v) is 27.4. The van der Waals surface area contributed by atoms with Crippen LogP contribution >= 0.6 is 0 Å². The van der Waals surface area contributed by atoms with Gasteiger partial charge in [-0.15, -0.1) is 0 Å². The molecular formula is C26H58O13Si4. The predicted octanol–water partition coefficient (Wildman–Crippen LogP) is 2.77. The average Bonchev–Trinajstić information content (AvgIpc) is 2.86. The van der Waals surface area contributed by atoms with Crippen molar-refractivity contribution in [3.8, 4) is 0 Å². The standard InChI is InChI=1S/C26H58O13Si4/c1-40(2,3)37-42(7,35-23-25-21-31-15-13-27-9-11-29-17-19-33-25)39-43(8,38-41(4,5)6)36-24-26-22-32-16-14-28-10-12-30-18-20-34-26/h25-26H,9-24H2,1-8H3. The van der Waals surface area contributed by atoms with E-state index in [1.54, 1.807) is 0 Å². The molecule has 0 radical (unpaired) electrons. The molecule has 0 amide bonds. The van der Waals surface area contributed by atoms with Gasteiger partial charge in [0.25, 0.3) is 0 Å². The van der Waals surface area contributed by atoms with Crippen molar-refractivity contribution in [1.29, 1.82) is 0 Å². The molecule has 0 aromatic heterocycles. The van der Waals surface area contributed by atoms with Gasteiger partial charge in [-0.05, 0) is 39.3 Å². The highest BCUT2D eigenvalue weighted by Gasteiger charge is 2.51. The molecule has 0 aliphatic carbocycles. The SMILES string of the molecule is C[Si](C)(C)O[Si](C)(OCC1COCCOCCOCCO1)O[Si](C)(OCC1COCCOCCOCCO1)O[Si](C)(C)C. The molecule has 0 N–H and O–H groups in total. The molecular weight excluding hydrogens is 633 g/mol. The quantitative estimate of drug-likeness (QED) is 0.280. The summed E-state index contributed by atoms with van der Waals surface area (Å²) < 4.78 is 79.0. The zero-order chi connectivity index (χ0) is 31.7. The number of hydrogen-bond acceptors (Lipinski definition) is 13. The van der Waals surface area contributed by atoms with Crippen LogP contribution in [0.3, 0.4) is 0 Å². The van der Waals surface area contributed by atoms with Gasteiger partial charge in [0, 0.05) is 13.1 Å². The minimum absolute atomic E-state index is 0.229. The van der Waals surface area contributed by atoms with Crippen LogP contribution in [-0.4, -0.2) is 152 Å². The Balaban J connectivity index is 2.13. The fraction of sp³-hybridized carbons (Fsp3) is 1.00. The Hall–Kier alpha value is 0.348. The first-order valence-corrected chi connectivity index (χ1v) is 26.6. The van der Waals surface area contributed by atoms with Crippen LogP contribution in [0.25, 0.3) is 0 Å². The highest BCUT2D eigenvalue weighted by molar-refractivity contribution is 6.86. The van der Waals surface area contributed by atoms with Crippen LogP contribution in [0.1, 0.15) is 0 Å². The Morgan fingerprint density at radius 3 is 1.05 bits per heavy atom. The molecule has 0 aromatic rings. The predicted molar refractivity (Wildman–Crippen MR) is 169 cm³/mol. The zero-order valence-corrected chi connectivity index (χ0v) is 31.8. The lowest BCUT2D eigenvalue weighted by molar-refractivity contribution is -0.0859. The monoisotopic (exact) mass is 690 g/mol. The largest absolute Gasteiger partial charge is 0.479 e. The lowest BCUT2D eigenvalue weighted by Crippen LogP contribution is -2.62. The molecule has 256 valence electrons. The zero-order valence-electron chi connectivity index (χ0n) is 27.8. The van der Waals surface area contributed by atoms with Crippen LogP contribution in [0.4, 0.5) is 0 Å². The van der Waals surface area contributed by atoms with E-state index in [0.29, 0.717) is 92.5 Å². The number of rotatable bonds is 12. The van der Waals surface area contributed by atoms with Crippen molar-refractivity contribution >= 4 is 34.2 Å². The summed E-state index contributed by atoms with van der Waals surface area (Å²) >= 11 is 0. The van der Waals surface area contributed by atoms with Crippen molar-refractivity contribution in [1.82, 2.24) is 0 Å². The van der Waals surface area contributed by atoms with Gasteiger partial charge in [-0.2, -0.15) is 0 Å². The lowest BCUT2D eigenvalue weighted by atomic mass is 10.4. The van der Waals surface area contributed by atoms with Crippen molar-refractivity contribution in [2.24, 2.45) is 0 Å². The summed E-state index contributed by atoms with van der Waals surface area (Å²) in [4.78, 5) is 0. The molecule has 0 aromatic carbocycles. The van der Waals surface area contributed by atoms with Gasteiger partial charge in [-0.25, -0.2) is 0 Å². The number of hydrogen-bond donors (Lipinski definition) is 0. The first-order chi connectivity index (χ1) is 20.3. The molecule has 43 heavy (non-hydrogen) atoms. The van der Waals surface area contributed by atoms with E-state index in [0.717, 1.165) is 0 Å². The van der Waals surface area contributed by atoms with Crippen LogP contribution in [0.15, 0.2) is 0 Å². The summed E-state index contributed by atoms with van der Waals surface area (Å²) in [6.07, 6.45) is -0.660. The third-order valence-electron chi connectivity index (χ3n) is 5.67. The Morgan fingerprint density at radius 1 is 0.419 bits per heavy atom. The van der Waals surface area contributed by atoms with E-state index in [9.17, 15) is 0 Å². The molecule has 2 rings (SSSR count). The highest BCUT2D eigenvalue weighted by atomic mass is 28.5. The summed E-state index contributed by atoms with van der Waals surface area (Å²) in [5.74, 6) is 0. The Bertz CT molecular complexity index is 648. The first-order valence-electron chi connectivity index (χ1n) is 15.4. The minimum atomic E-state index is -3.31. The van der Waals surface area contributed by atoms with Gasteiger partial charge in [0.2, 0.25) is 0 Å². The molecule has 2 fully saturated rings. The summed E-state index contributed by atoms with van der Waals surface area (Å²) in [5.41, 5.74) is 0. The molecule has 2 aliphatic heterocycles. The fourth-order valence-corrected chi connectivity index (χ4v) is 18.8. The maximum absolute atomic E-state index is 6.81. The van der Waals surface area contributed by atoms with Gasteiger partial charge in [-0.3, -0.25) is 0 Å². The van der Waals surface area contributed by atoms with Gasteiger partial charge in [0.1, 0.15) is 12.2 Å². The molecule has 0 saturated carbocycles. The van der Waals surface area contributed by atoms with Crippen LogP contribution < -0.4 is 0 Å². The van der Waals surface area contributed by atoms with E-state index in [1.807, 2.05) is 13.1 Å². The van der Waals surface area contributed by atoms with Crippen LogP contribution in [0.5, 0.6) is 0 Å². The highest BCUT2D eigenvalue weighted by Crippen LogP contribution is 2.26. The molecule has 2 heterocycles. The molecule has 17 heteroatoms. The summed E-state index contributed by atoms with van der Waals surface area (Å²) in [5, 5.41) is 0. The van der Waals surface area contributed by atoms with E-state index in [2.05, 4.69) is 39.3 Å². The Labute approximate surface area is 263 Å². The summed E-state index contributed by atoms with van der Waals surface area (Å²) in [6, 6.07) is 0. The summed E-state index contributed by atoms with van der Waals surface area (Å²) in [7, 11) is -10.8.